The molecule has 19 heavy (non-hydrogen) atoms. The van der Waals surface area contributed by atoms with Crippen molar-refractivity contribution in [2.75, 3.05) is 6.61 Å². The zero-order valence-corrected chi connectivity index (χ0v) is 12.8. The molecule has 3 nitrogen and oxygen atoms in total. The van der Waals surface area contributed by atoms with Crippen LogP contribution >= 0.6 is 0 Å². The summed E-state index contributed by atoms with van der Waals surface area (Å²) in [6.07, 6.45) is 6.67. The molecule has 0 fully saturated rings. The summed E-state index contributed by atoms with van der Waals surface area (Å²) in [6.45, 7) is 10.3. The van der Waals surface area contributed by atoms with Crippen molar-refractivity contribution < 1.29 is 4.74 Å². The molecule has 0 unspecified atom stereocenters. The lowest BCUT2D eigenvalue weighted by Gasteiger charge is -2.21. The van der Waals surface area contributed by atoms with Crippen molar-refractivity contribution in [2.45, 2.75) is 65.5 Å². The lowest BCUT2D eigenvalue weighted by molar-refractivity contribution is 0.288. The topological polar surface area (TPSA) is 34.1 Å². The lowest BCUT2D eigenvalue weighted by atomic mass is 10.1. The van der Waals surface area contributed by atoms with E-state index in [1.165, 1.54) is 19.3 Å². The maximum Gasteiger partial charge on any atom is 0.217 e. The molecule has 0 aliphatic heterocycles. The van der Waals surface area contributed by atoms with Gasteiger partial charge in [0.25, 0.3) is 0 Å². The summed E-state index contributed by atoms with van der Waals surface area (Å²) >= 11 is 0. The highest BCUT2D eigenvalue weighted by Gasteiger charge is 2.11. The van der Waals surface area contributed by atoms with Crippen molar-refractivity contribution in [3.8, 4) is 5.88 Å². The van der Waals surface area contributed by atoms with E-state index in [1.807, 2.05) is 6.07 Å². The normalized spacial score (nSPS) is 11.6. The number of unbranched alkanes of at least 4 members (excludes halogenated alkanes) is 3. The van der Waals surface area contributed by atoms with Crippen LogP contribution in [0.4, 0.5) is 0 Å². The van der Waals surface area contributed by atoms with E-state index in [9.17, 15) is 0 Å². The zero-order chi connectivity index (χ0) is 14.1. The highest BCUT2D eigenvalue weighted by Crippen LogP contribution is 2.16. The molecule has 3 heteroatoms. The van der Waals surface area contributed by atoms with Crippen LogP contribution in [0.15, 0.2) is 18.3 Å². The van der Waals surface area contributed by atoms with Crippen molar-refractivity contribution in [3.05, 3.63) is 23.9 Å². The van der Waals surface area contributed by atoms with Crippen molar-refractivity contribution in [3.63, 3.8) is 0 Å². The molecule has 0 spiro atoms. The zero-order valence-electron chi connectivity index (χ0n) is 12.8. The third-order valence-corrected chi connectivity index (χ3v) is 2.90. The molecule has 0 atom stereocenters. The Bertz CT molecular complexity index is 358. The maximum absolute atomic E-state index is 5.80. The van der Waals surface area contributed by atoms with Gasteiger partial charge >= 0.3 is 0 Å². The van der Waals surface area contributed by atoms with Gasteiger partial charge in [0.15, 0.2) is 0 Å². The predicted molar refractivity (Wildman–Crippen MR) is 80.5 cm³/mol. The van der Waals surface area contributed by atoms with Gasteiger partial charge in [0.1, 0.15) is 0 Å². The highest BCUT2D eigenvalue weighted by atomic mass is 16.5. The smallest absolute Gasteiger partial charge is 0.217 e. The quantitative estimate of drug-likeness (QED) is 0.722. The SMILES string of the molecule is CCCCCCOc1ncccc1CNC(C)(C)C. The summed E-state index contributed by atoms with van der Waals surface area (Å²) in [5.74, 6) is 0.774. The van der Waals surface area contributed by atoms with Crippen LogP contribution in [0.5, 0.6) is 5.88 Å². The Morgan fingerprint density at radius 1 is 1.21 bits per heavy atom. The van der Waals surface area contributed by atoms with E-state index in [-0.39, 0.29) is 5.54 Å². The van der Waals surface area contributed by atoms with Crippen LogP contribution in [-0.2, 0) is 6.54 Å². The number of hydrogen-bond donors (Lipinski definition) is 1. The predicted octanol–water partition coefficient (Wildman–Crippen LogP) is 3.93. The van der Waals surface area contributed by atoms with Gasteiger partial charge in [-0.05, 0) is 33.3 Å². The summed E-state index contributed by atoms with van der Waals surface area (Å²) in [6, 6.07) is 4.04. The van der Waals surface area contributed by atoms with E-state index >= 15 is 0 Å². The van der Waals surface area contributed by atoms with Crippen LogP contribution in [0.3, 0.4) is 0 Å². The minimum absolute atomic E-state index is 0.105. The second kappa shape index (κ2) is 8.16. The summed E-state index contributed by atoms with van der Waals surface area (Å²) in [4.78, 5) is 4.33. The summed E-state index contributed by atoms with van der Waals surface area (Å²) in [5.41, 5.74) is 1.24. The number of nitrogens with one attached hydrogen (secondary N) is 1. The Hall–Kier alpha value is -1.09. The largest absolute Gasteiger partial charge is 0.477 e. The van der Waals surface area contributed by atoms with Gasteiger partial charge in [0.05, 0.1) is 6.61 Å². The monoisotopic (exact) mass is 264 g/mol. The summed E-state index contributed by atoms with van der Waals surface area (Å²) in [7, 11) is 0. The summed E-state index contributed by atoms with van der Waals surface area (Å²) < 4.78 is 5.80. The molecular formula is C16H28N2O. The first kappa shape index (κ1) is 16.0. The number of rotatable bonds is 8. The van der Waals surface area contributed by atoms with Crippen LogP contribution in [-0.4, -0.2) is 17.1 Å². The minimum Gasteiger partial charge on any atom is -0.477 e. The second-order valence-corrected chi connectivity index (χ2v) is 5.98. The number of aromatic nitrogens is 1. The van der Waals surface area contributed by atoms with Crippen molar-refractivity contribution in [2.24, 2.45) is 0 Å². The van der Waals surface area contributed by atoms with Crippen LogP contribution in [0.2, 0.25) is 0 Å². The van der Waals surface area contributed by atoms with Crippen LogP contribution < -0.4 is 10.1 Å². The number of nitrogens with zero attached hydrogens (tertiary/aromatic N) is 1. The molecule has 0 amide bonds. The van der Waals surface area contributed by atoms with Crippen molar-refractivity contribution in [1.29, 1.82) is 0 Å². The number of pyridine rings is 1. The van der Waals surface area contributed by atoms with Gasteiger partial charge in [-0.3, -0.25) is 0 Å². The van der Waals surface area contributed by atoms with Gasteiger partial charge in [0, 0.05) is 23.8 Å². The third kappa shape index (κ3) is 7.16. The summed E-state index contributed by atoms with van der Waals surface area (Å²) in [5, 5.41) is 3.47. The van der Waals surface area contributed by atoms with Crippen LogP contribution in [0.1, 0.15) is 58.9 Å². The first-order chi connectivity index (χ1) is 9.03. The number of hydrogen-bond acceptors (Lipinski definition) is 3. The number of ether oxygens (including phenoxy) is 1. The fourth-order valence-corrected chi connectivity index (χ4v) is 1.75. The van der Waals surface area contributed by atoms with E-state index in [2.05, 4.69) is 44.1 Å². The van der Waals surface area contributed by atoms with Crippen LogP contribution in [0.25, 0.3) is 0 Å². The highest BCUT2D eigenvalue weighted by molar-refractivity contribution is 5.25. The first-order valence-electron chi connectivity index (χ1n) is 7.34. The molecule has 0 radical (unpaired) electrons. The molecule has 1 aromatic heterocycles. The van der Waals surface area contributed by atoms with Gasteiger partial charge in [-0.2, -0.15) is 0 Å². The molecule has 0 saturated carbocycles. The third-order valence-electron chi connectivity index (χ3n) is 2.90. The van der Waals surface area contributed by atoms with E-state index in [0.29, 0.717) is 0 Å². The Morgan fingerprint density at radius 3 is 2.68 bits per heavy atom. The van der Waals surface area contributed by atoms with Crippen molar-refractivity contribution >= 4 is 0 Å². The fourth-order valence-electron chi connectivity index (χ4n) is 1.75. The van der Waals surface area contributed by atoms with Gasteiger partial charge < -0.3 is 10.1 Å². The molecule has 0 saturated heterocycles. The van der Waals surface area contributed by atoms with E-state index < -0.39 is 0 Å². The average Bonchev–Trinajstić information content (AvgIpc) is 2.36. The molecule has 1 heterocycles. The maximum atomic E-state index is 5.80. The minimum atomic E-state index is 0.105. The van der Waals surface area contributed by atoms with Crippen LogP contribution in [0, 0.1) is 0 Å². The molecule has 1 rings (SSSR count). The van der Waals surface area contributed by atoms with Gasteiger partial charge in [-0.25, -0.2) is 4.98 Å². The van der Waals surface area contributed by atoms with E-state index in [1.54, 1.807) is 6.20 Å². The second-order valence-electron chi connectivity index (χ2n) is 5.98. The van der Waals surface area contributed by atoms with Gasteiger partial charge in [-0.1, -0.05) is 32.3 Å². The lowest BCUT2D eigenvalue weighted by Crippen LogP contribution is -2.35. The Labute approximate surface area is 117 Å². The first-order valence-corrected chi connectivity index (χ1v) is 7.34. The van der Waals surface area contributed by atoms with E-state index in [4.69, 9.17) is 4.74 Å². The fraction of sp³-hybridized carbons (Fsp3) is 0.688. The molecule has 108 valence electrons. The Kier molecular flexibility index (Phi) is 6.85. The Balaban J connectivity index is 2.44. The average molecular weight is 264 g/mol. The molecule has 0 aliphatic carbocycles. The van der Waals surface area contributed by atoms with E-state index in [0.717, 1.165) is 31.0 Å². The molecule has 0 aliphatic rings. The molecule has 1 N–H and O–H groups in total. The molecule has 0 aromatic carbocycles. The molecule has 1 aromatic rings. The Morgan fingerprint density at radius 2 is 2.00 bits per heavy atom. The van der Waals surface area contributed by atoms with Gasteiger partial charge in [-0.15, -0.1) is 0 Å². The molecule has 0 bridgehead atoms. The molecular weight excluding hydrogens is 236 g/mol. The van der Waals surface area contributed by atoms with Gasteiger partial charge in [0.2, 0.25) is 5.88 Å². The van der Waals surface area contributed by atoms with Crippen molar-refractivity contribution in [1.82, 2.24) is 10.3 Å². The standard InChI is InChI=1S/C16H28N2O/c1-5-6-7-8-12-19-15-14(10-9-11-17-15)13-18-16(2,3)4/h9-11,18H,5-8,12-13H2,1-4H3.